The van der Waals surface area contributed by atoms with Crippen LogP contribution in [0.2, 0.25) is 0 Å². The Balaban J connectivity index is 1.88. The van der Waals surface area contributed by atoms with Crippen LogP contribution in [0.25, 0.3) is 0 Å². The molecule has 0 aliphatic rings. The highest BCUT2D eigenvalue weighted by molar-refractivity contribution is 7.91. The number of sulfone groups is 1. The number of benzene rings is 3. The van der Waals surface area contributed by atoms with Gasteiger partial charge in [0.05, 0.1) is 9.79 Å². The predicted molar refractivity (Wildman–Crippen MR) is 93.4 cm³/mol. The van der Waals surface area contributed by atoms with Gasteiger partial charge in [-0.25, -0.2) is 8.42 Å². The molecule has 3 aromatic carbocycles. The van der Waals surface area contributed by atoms with Crippen molar-refractivity contribution in [1.29, 1.82) is 0 Å². The van der Waals surface area contributed by atoms with Gasteiger partial charge < -0.3 is 0 Å². The van der Waals surface area contributed by atoms with E-state index in [1.54, 1.807) is 48.5 Å². The minimum Gasteiger partial charge on any atom is -0.285 e. The highest BCUT2D eigenvalue weighted by Crippen LogP contribution is 2.21. The van der Waals surface area contributed by atoms with E-state index < -0.39 is 21.4 Å². The van der Waals surface area contributed by atoms with Crippen LogP contribution in [-0.2, 0) is 9.84 Å². The SMILES string of the molecule is O=C(C(=O)c1ccc(S(=O)(=O)c2ccccc2)cc1)c1ccccc1. The Morgan fingerprint density at radius 2 is 0.920 bits per heavy atom. The molecule has 0 bridgehead atoms. The summed E-state index contributed by atoms with van der Waals surface area (Å²) >= 11 is 0. The van der Waals surface area contributed by atoms with E-state index in [4.69, 9.17) is 0 Å². The van der Waals surface area contributed by atoms with E-state index in [9.17, 15) is 18.0 Å². The standard InChI is InChI=1S/C20H14O4S/c21-19(15-7-3-1-4-8-15)20(22)16-11-13-18(14-12-16)25(23,24)17-9-5-2-6-10-17/h1-14H. The van der Waals surface area contributed by atoms with Crippen LogP contribution in [0.4, 0.5) is 0 Å². The molecular weight excluding hydrogens is 336 g/mol. The molecule has 0 atom stereocenters. The number of ketones is 2. The van der Waals surface area contributed by atoms with Crippen molar-refractivity contribution >= 4 is 21.4 Å². The lowest BCUT2D eigenvalue weighted by atomic mass is 10.0. The third kappa shape index (κ3) is 3.41. The van der Waals surface area contributed by atoms with Crippen molar-refractivity contribution in [1.82, 2.24) is 0 Å². The summed E-state index contributed by atoms with van der Waals surface area (Å²) in [6.45, 7) is 0. The Bertz CT molecular complexity index is 1010. The summed E-state index contributed by atoms with van der Waals surface area (Å²) in [5.74, 6) is -1.30. The Hall–Kier alpha value is -3.05. The van der Waals surface area contributed by atoms with Gasteiger partial charge in [-0.05, 0) is 36.4 Å². The Labute approximate surface area is 145 Å². The fraction of sp³-hybridized carbons (Fsp3) is 0. The molecule has 0 N–H and O–H groups in total. The molecule has 0 spiro atoms. The second-order valence-electron chi connectivity index (χ2n) is 5.37. The molecule has 4 nitrogen and oxygen atoms in total. The summed E-state index contributed by atoms with van der Waals surface area (Å²) in [6.07, 6.45) is 0. The summed E-state index contributed by atoms with van der Waals surface area (Å²) < 4.78 is 25.0. The molecule has 25 heavy (non-hydrogen) atoms. The summed E-state index contributed by atoms with van der Waals surface area (Å²) in [5, 5.41) is 0. The monoisotopic (exact) mass is 350 g/mol. The summed E-state index contributed by atoms with van der Waals surface area (Å²) in [4.78, 5) is 24.7. The van der Waals surface area contributed by atoms with Gasteiger partial charge in [-0.3, -0.25) is 9.59 Å². The number of carbonyl (C=O) groups excluding carboxylic acids is 2. The molecule has 5 heteroatoms. The topological polar surface area (TPSA) is 68.3 Å². The van der Waals surface area contributed by atoms with Crippen LogP contribution in [0.5, 0.6) is 0 Å². The largest absolute Gasteiger partial charge is 0.285 e. The number of Topliss-reactive ketones (excluding diaryl/α,β-unsaturated/α-hetero) is 2. The fourth-order valence-electron chi connectivity index (χ4n) is 2.37. The molecule has 0 amide bonds. The van der Waals surface area contributed by atoms with E-state index in [2.05, 4.69) is 0 Å². The van der Waals surface area contributed by atoms with Gasteiger partial charge in [0.2, 0.25) is 21.4 Å². The van der Waals surface area contributed by atoms with Gasteiger partial charge in [-0.1, -0.05) is 48.5 Å². The summed E-state index contributed by atoms with van der Waals surface area (Å²) in [6, 6.07) is 21.7. The fourth-order valence-corrected chi connectivity index (χ4v) is 3.65. The zero-order valence-electron chi connectivity index (χ0n) is 13.1. The lowest BCUT2D eigenvalue weighted by Gasteiger charge is -2.06. The van der Waals surface area contributed by atoms with E-state index in [-0.39, 0.29) is 15.4 Å². The third-order valence-corrected chi connectivity index (χ3v) is 5.51. The molecule has 0 aliphatic carbocycles. The zero-order valence-corrected chi connectivity index (χ0v) is 13.9. The molecule has 0 radical (unpaired) electrons. The molecule has 3 aromatic rings. The van der Waals surface area contributed by atoms with Crippen molar-refractivity contribution in [3.05, 3.63) is 96.1 Å². The quantitative estimate of drug-likeness (QED) is 0.521. The first-order chi connectivity index (χ1) is 12.0. The lowest BCUT2D eigenvalue weighted by molar-refractivity contribution is 0.0817. The van der Waals surface area contributed by atoms with Crippen molar-refractivity contribution in [3.63, 3.8) is 0 Å². The molecule has 0 unspecified atom stereocenters. The van der Waals surface area contributed by atoms with Gasteiger partial charge in [-0.2, -0.15) is 0 Å². The number of carbonyl (C=O) groups is 2. The Kier molecular flexibility index (Phi) is 4.59. The molecule has 0 saturated heterocycles. The molecule has 0 aliphatic heterocycles. The van der Waals surface area contributed by atoms with Crippen LogP contribution in [0.15, 0.2) is 94.7 Å². The van der Waals surface area contributed by atoms with Crippen LogP contribution in [0.1, 0.15) is 20.7 Å². The number of hydrogen-bond donors (Lipinski definition) is 0. The minimum absolute atomic E-state index is 0.0717. The maximum atomic E-state index is 12.5. The van der Waals surface area contributed by atoms with Crippen molar-refractivity contribution in [3.8, 4) is 0 Å². The van der Waals surface area contributed by atoms with Gasteiger partial charge in [0, 0.05) is 11.1 Å². The lowest BCUT2D eigenvalue weighted by Crippen LogP contribution is -2.14. The molecular formula is C20H14O4S. The third-order valence-electron chi connectivity index (χ3n) is 3.72. The smallest absolute Gasteiger partial charge is 0.233 e. The number of hydrogen-bond acceptors (Lipinski definition) is 4. The van der Waals surface area contributed by atoms with E-state index in [1.165, 1.54) is 36.4 Å². The average Bonchev–Trinajstić information content (AvgIpc) is 2.68. The average molecular weight is 350 g/mol. The van der Waals surface area contributed by atoms with E-state index in [1.807, 2.05) is 0 Å². The molecule has 0 heterocycles. The van der Waals surface area contributed by atoms with Crippen LogP contribution in [-0.4, -0.2) is 20.0 Å². The highest BCUT2D eigenvalue weighted by atomic mass is 32.2. The Morgan fingerprint density at radius 3 is 1.44 bits per heavy atom. The zero-order chi connectivity index (χ0) is 17.9. The second-order valence-corrected chi connectivity index (χ2v) is 7.31. The normalized spacial score (nSPS) is 11.0. The highest BCUT2D eigenvalue weighted by Gasteiger charge is 2.20. The van der Waals surface area contributed by atoms with E-state index in [0.29, 0.717) is 5.56 Å². The van der Waals surface area contributed by atoms with Gasteiger partial charge in [0.15, 0.2) is 0 Å². The van der Waals surface area contributed by atoms with Gasteiger partial charge in [-0.15, -0.1) is 0 Å². The first kappa shape index (κ1) is 16.8. The first-order valence-corrected chi connectivity index (χ1v) is 9.03. The van der Waals surface area contributed by atoms with Crippen molar-refractivity contribution in [2.24, 2.45) is 0 Å². The second kappa shape index (κ2) is 6.83. The van der Waals surface area contributed by atoms with Gasteiger partial charge in [0.1, 0.15) is 0 Å². The molecule has 0 aromatic heterocycles. The van der Waals surface area contributed by atoms with Gasteiger partial charge >= 0.3 is 0 Å². The van der Waals surface area contributed by atoms with E-state index >= 15 is 0 Å². The molecule has 124 valence electrons. The van der Waals surface area contributed by atoms with Gasteiger partial charge in [0.25, 0.3) is 0 Å². The van der Waals surface area contributed by atoms with Crippen molar-refractivity contribution in [2.75, 3.05) is 0 Å². The molecule has 0 saturated carbocycles. The Morgan fingerprint density at radius 1 is 0.520 bits per heavy atom. The van der Waals surface area contributed by atoms with Crippen molar-refractivity contribution < 1.29 is 18.0 Å². The van der Waals surface area contributed by atoms with Crippen LogP contribution >= 0.6 is 0 Å². The predicted octanol–water partition coefficient (Wildman–Crippen LogP) is 3.59. The minimum atomic E-state index is -3.65. The van der Waals surface area contributed by atoms with Crippen LogP contribution in [0.3, 0.4) is 0 Å². The molecule has 3 rings (SSSR count). The summed E-state index contributed by atoms with van der Waals surface area (Å²) in [7, 11) is -3.65. The number of rotatable bonds is 5. The van der Waals surface area contributed by atoms with Crippen molar-refractivity contribution in [2.45, 2.75) is 9.79 Å². The van der Waals surface area contributed by atoms with Crippen LogP contribution < -0.4 is 0 Å². The maximum absolute atomic E-state index is 12.5. The molecule has 0 fully saturated rings. The first-order valence-electron chi connectivity index (χ1n) is 7.54. The summed E-state index contributed by atoms with van der Waals surface area (Å²) in [5.41, 5.74) is 0.453. The van der Waals surface area contributed by atoms with E-state index in [0.717, 1.165) is 0 Å². The maximum Gasteiger partial charge on any atom is 0.233 e. The van der Waals surface area contributed by atoms with Crippen LogP contribution in [0, 0.1) is 0 Å².